The first-order chi connectivity index (χ1) is 40.2. The van der Waals surface area contributed by atoms with E-state index in [1.54, 1.807) is 83.7 Å². The summed E-state index contributed by atoms with van der Waals surface area (Å²) in [6.45, 7) is 0.828. The summed E-state index contributed by atoms with van der Waals surface area (Å²) in [6.07, 6.45) is 16.3. The highest BCUT2D eigenvalue weighted by atomic mass is 19.1. The number of carbonyl (C=O) groups excluding carboxylic acids is 3. The number of carboxylic acids is 1. The normalized spacial score (nSPS) is 12.7. The highest BCUT2D eigenvalue weighted by molar-refractivity contribution is 5.94. The molecule has 20 nitrogen and oxygen atoms in total. The number of Topliss-reactive ketones (excluding diaryl/α,β-unsaturated/α-hetero) is 1. The number of aromatic carboxylic acids is 1. The molecule has 2 saturated carbocycles. The van der Waals surface area contributed by atoms with Crippen LogP contribution in [-0.4, -0.2) is 106 Å². The molecule has 83 heavy (non-hydrogen) atoms. The smallest absolute Gasteiger partial charge is 0.358 e. The summed E-state index contributed by atoms with van der Waals surface area (Å²) in [5.74, 6) is -1.60. The first-order valence-corrected chi connectivity index (χ1v) is 26.5. The fraction of sp³-hybridized carbons (Fsp3) is 0.246. The monoisotopic (exact) mass is 1130 g/mol. The van der Waals surface area contributed by atoms with E-state index in [9.17, 15) is 23.6 Å². The lowest BCUT2D eigenvalue weighted by Gasteiger charge is -2.14. The van der Waals surface area contributed by atoms with E-state index in [0.29, 0.717) is 63.9 Å². The minimum atomic E-state index is -1.08. The molecule has 0 bridgehead atoms. The standard InChI is InChI=1S/C31H28FN5O4.C16H16FNO3.C14H13N5O2/c1-40-28-13-11-24(20-5-7-21(8-6-20)31(39)41-2)25(30(28)32)10-12-27(38)26-18-37(35-34-26)17-23-16-36-15-22(19-3-4-19)9-14-29(36)33-23;1-20-14-8-7-12(13(9-18)15(14)17)10-3-5-11(6-4-10)16(19)21-2;20-14(21)12-8-19(17-16-12)7-11-6-18-5-10(9-1-2-9)3-4-13(18)15-11/h5-9,11,13-16,18-19H,3-4,10,12,17H2,1-2H3;3-8H,9,18H2,1-2H3;3-6,8-9H,1-2,7H2,(H,20,21). The third-order valence-corrected chi connectivity index (χ3v) is 14.3. The molecule has 424 valence electrons. The Morgan fingerprint density at radius 2 is 1.01 bits per heavy atom. The molecule has 0 spiro atoms. The summed E-state index contributed by atoms with van der Waals surface area (Å²) in [7, 11) is 5.43. The van der Waals surface area contributed by atoms with Crippen LogP contribution in [0.2, 0.25) is 0 Å². The molecule has 0 atom stereocenters. The summed E-state index contributed by atoms with van der Waals surface area (Å²) in [6, 6.07) is 28.3. The maximum absolute atomic E-state index is 15.4. The van der Waals surface area contributed by atoms with Crippen LogP contribution < -0.4 is 15.2 Å². The average molecular weight is 1130 g/mol. The molecule has 22 heteroatoms. The number of imidazole rings is 2. The van der Waals surface area contributed by atoms with Crippen molar-refractivity contribution in [2.75, 3.05) is 28.4 Å². The zero-order valence-corrected chi connectivity index (χ0v) is 45.7. The van der Waals surface area contributed by atoms with Crippen molar-refractivity contribution in [2.24, 2.45) is 5.73 Å². The number of methoxy groups -OCH3 is 4. The number of hydrogen-bond donors (Lipinski definition) is 2. The maximum atomic E-state index is 15.4. The summed E-state index contributed by atoms with van der Waals surface area (Å²) >= 11 is 0. The lowest BCUT2D eigenvalue weighted by molar-refractivity contribution is 0.0592. The Kier molecular flexibility index (Phi) is 16.8. The van der Waals surface area contributed by atoms with Gasteiger partial charge in [-0.15, -0.1) is 10.2 Å². The van der Waals surface area contributed by atoms with Crippen LogP contribution in [0, 0.1) is 11.6 Å². The molecule has 0 aliphatic heterocycles. The second-order valence-corrected chi connectivity index (χ2v) is 19.9. The number of rotatable bonds is 18. The molecular formula is C61H57F2N11O9. The quantitative estimate of drug-likeness (QED) is 0.0599. The molecule has 2 fully saturated rings. The number of fused-ring (bicyclic) bond motifs is 2. The molecule has 2 aliphatic carbocycles. The molecule has 10 aromatic rings. The highest BCUT2D eigenvalue weighted by Gasteiger charge is 2.26. The number of ketones is 1. The predicted octanol–water partition coefficient (Wildman–Crippen LogP) is 9.56. The van der Waals surface area contributed by atoms with Crippen LogP contribution in [0.3, 0.4) is 0 Å². The van der Waals surface area contributed by atoms with Gasteiger partial charge in [-0.3, -0.25) is 4.79 Å². The van der Waals surface area contributed by atoms with Crippen molar-refractivity contribution >= 4 is 35.0 Å². The zero-order valence-electron chi connectivity index (χ0n) is 45.7. The summed E-state index contributed by atoms with van der Waals surface area (Å²) in [5, 5.41) is 24.4. The van der Waals surface area contributed by atoms with Gasteiger partial charge in [0.05, 0.1) is 76.4 Å². The van der Waals surface area contributed by atoms with E-state index in [-0.39, 0.29) is 48.1 Å². The van der Waals surface area contributed by atoms with Gasteiger partial charge >= 0.3 is 17.9 Å². The third-order valence-electron chi connectivity index (χ3n) is 14.3. The number of nitrogens with two attached hydrogens (primary N) is 1. The molecule has 3 N–H and O–H groups in total. The number of nitrogens with zero attached hydrogens (tertiary/aromatic N) is 10. The molecule has 0 saturated heterocycles. The number of halogens is 2. The van der Waals surface area contributed by atoms with Crippen molar-refractivity contribution in [3.63, 3.8) is 0 Å². The van der Waals surface area contributed by atoms with E-state index in [4.69, 9.17) is 25.1 Å². The van der Waals surface area contributed by atoms with Gasteiger partial charge in [-0.2, -0.15) is 0 Å². The fourth-order valence-electron chi connectivity index (χ4n) is 9.57. The number of hydrogen-bond acceptors (Lipinski definition) is 15. The van der Waals surface area contributed by atoms with Crippen molar-refractivity contribution in [3.05, 3.63) is 202 Å². The number of aromatic nitrogens is 10. The topological polar surface area (TPSA) is 247 Å². The number of carbonyl (C=O) groups is 4. The second kappa shape index (κ2) is 24.8. The molecule has 6 aromatic heterocycles. The summed E-state index contributed by atoms with van der Waals surface area (Å²) in [4.78, 5) is 56.2. The van der Waals surface area contributed by atoms with Crippen LogP contribution in [0.4, 0.5) is 8.78 Å². The van der Waals surface area contributed by atoms with E-state index < -0.39 is 29.5 Å². The molecule has 12 rings (SSSR count). The van der Waals surface area contributed by atoms with Crippen molar-refractivity contribution in [3.8, 4) is 33.8 Å². The first-order valence-electron chi connectivity index (χ1n) is 26.5. The Labute approximate surface area is 474 Å². The largest absolute Gasteiger partial charge is 0.494 e. The van der Waals surface area contributed by atoms with Crippen molar-refractivity contribution in [2.45, 2.75) is 70.0 Å². The average Bonchev–Trinajstić information content (AvgIpc) is 4.44. The van der Waals surface area contributed by atoms with Crippen LogP contribution in [0.1, 0.15) is 119 Å². The van der Waals surface area contributed by atoms with Gasteiger partial charge in [-0.25, -0.2) is 42.5 Å². The first kappa shape index (κ1) is 56.3. The minimum absolute atomic E-state index is 0.0222. The molecule has 6 heterocycles. The van der Waals surface area contributed by atoms with Gasteiger partial charge in [0.15, 0.2) is 34.6 Å². The molecule has 0 radical (unpaired) electrons. The Morgan fingerprint density at radius 3 is 1.43 bits per heavy atom. The van der Waals surface area contributed by atoms with E-state index in [2.05, 4.69) is 59.9 Å². The van der Waals surface area contributed by atoms with Crippen LogP contribution in [0.25, 0.3) is 33.5 Å². The fourth-order valence-corrected chi connectivity index (χ4v) is 9.57. The van der Waals surface area contributed by atoms with Crippen molar-refractivity contribution in [1.82, 2.24) is 48.8 Å². The number of carboxylic acid groups (broad SMARTS) is 1. The number of pyridine rings is 2. The SMILES string of the molecule is COC(=O)c1ccc(-c2ccc(OC)c(F)c2CCC(=O)c2cn(Cc3cn4cc(C5CC5)ccc4n3)nn2)cc1.COC(=O)c1ccc(-c2ccc(OC)c(F)c2CN)cc1.O=C(O)c1cn(Cc2cn3cc(C4CC4)ccc3n2)nn1. The lowest BCUT2D eigenvalue weighted by atomic mass is 9.94. The summed E-state index contributed by atoms with van der Waals surface area (Å²) < 4.78 is 56.2. The van der Waals surface area contributed by atoms with E-state index in [1.165, 1.54) is 76.1 Å². The zero-order chi connectivity index (χ0) is 58.3. The van der Waals surface area contributed by atoms with Gasteiger partial charge in [-0.05, 0) is 131 Å². The molecule has 0 amide bonds. The highest BCUT2D eigenvalue weighted by Crippen LogP contribution is 2.41. The van der Waals surface area contributed by atoms with Crippen molar-refractivity contribution in [1.29, 1.82) is 0 Å². The molecule has 2 aliphatic rings. The van der Waals surface area contributed by atoms with E-state index in [1.807, 2.05) is 33.3 Å². The van der Waals surface area contributed by atoms with Gasteiger partial charge in [0.2, 0.25) is 0 Å². The van der Waals surface area contributed by atoms with Crippen LogP contribution in [0.5, 0.6) is 11.5 Å². The second-order valence-electron chi connectivity index (χ2n) is 19.9. The van der Waals surface area contributed by atoms with E-state index in [0.717, 1.165) is 28.2 Å². The Hall–Kier alpha value is -9.96. The van der Waals surface area contributed by atoms with Crippen molar-refractivity contribution < 1.29 is 52.0 Å². The van der Waals surface area contributed by atoms with Gasteiger partial charge in [0.25, 0.3) is 0 Å². The lowest BCUT2D eigenvalue weighted by Crippen LogP contribution is -2.06. The van der Waals surface area contributed by atoms with Gasteiger partial charge < -0.3 is 38.6 Å². The molecular weight excluding hydrogens is 1070 g/mol. The number of ether oxygens (including phenoxy) is 4. The predicted molar refractivity (Wildman–Crippen MR) is 300 cm³/mol. The van der Waals surface area contributed by atoms with Crippen LogP contribution in [-0.2, 0) is 35.5 Å². The Bertz CT molecular complexity index is 4010. The minimum Gasteiger partial charge on any atom is -0.494 e. The number of benzene rings is 4. The molecule has 0 unspecified atom stereocenters. The van der Waals surface area contributed by atoms with Gasteiger partial charge in [0.1, 0.15) is 17.0 Å². The van der Waals surface area contributed by atoms with Crippen LogP contribution in [0.15, 0.2) is 134 Å². The van der Waals surface area contributed by atoms with Gasteiger partial charge in [0, 0.05) is 43.3 Å². The Balaban J connectivity index is 0.000000154. The number of esters is 2. The van der Waals surface area contributed by atoms with E-state index >= 15 is 4.39 Å². The maximum Gasteiger partial charge on any atom is 0.358 e. The third kappa shape index (κ3) is 13.0. The Morgan fingerprint density at radius 1 is 0.566 bits per heavy atom. The summed E-state index contributed by atoms with van der Waals surface area (Å²) in [5.41, 5.74) is 16.1. The molecule has 4 aromatic carbocycles. The van der Waals surface area contributed by atoms with Crippen LogP contribution >= 0.6 is 0 Å². The van der Waals surface area contributed by atoms with Gasteiger partial charge in [-0.1, -0.05) is 59.0 Å².